The van der Waals surface area contributed by atoms with Crippen molar-refractivity contribution in [1.29, 1.82) is 0 Å². The molecule has 55 heavy (non-hydrogen) atoms. The van der Waals surface area contributed by atoms with E-state index in [-0.39, 0.29) is 42.4 Å². The molecule has 13 heteroatoms. The number of aliphatic hydroxyl groups is 2. The molecule has 4 aliphatic carbocycles. The van der Waals surface area contributed by atoms with Crippen LogP contribution in [0.5, 0.6) is 5.75 Å². The van der Waals surface area contributed by atoms with Crippen molar-refractivity contribution in [1.82, 2.24) is 15.0 Å². The van der Waals surface area contributed by atoms with Crippen LogP contribution in [-0.4, -0.2) is 85.0 Å². The third-order valence-electron chi connectivity index (χ3n) is 13.8. The first-order chi connectivity index (χ1) is 25.4. The number of nitrogens with zero attached hydrogens (tertiary/aromatic N) is 3. The van der Waals surface area contributed by atoms with Gasteiger partial charge in [-0.2, -0.15) is 0 Å². The third kappa shape index (κ3) is 6.27. The van der Waals surface area contributed by atoms with E-state index < -0.39 is 74.6 Å². The second-order valence-electron chi connectivity index (χ2n) is 17.9. The van der Waals surface area contributed by atoms with Gasteiger partial charge in [0.1, 0.15) is 22.7 Å². The van der Waals surface area contributed by atoms with E-state index in [1.165, 1.54) is 36.9 Å². The Bertz CT molecular complexity index is 1990. The van der Waals surface area contributed by atoms with Crippen LogP contribution in [0.3, 0.4) is 0 Å². The number of hydrogen-bond acceptors (Lipinski definition) is 12. The smallest absolute Gasteiger partial charge is 0.361 e. The monoisotopic (exact) mass is 759 g/mol. The highest BCUT2D eigenvalue weighted by Gasteiger charge is 2.74. The summed E-state index contributed by atoms with van der Waals surface area (Å²) in [5, 5.41) is 31.8. The minimum Gasteiger partial charge on any atom is -0.497 e. The molecule has 3 fully saturated rings. The number of Topliss-reactive ketones (excluding diaryl/α,β-unsaturated/α-hetero) is 2. The van der Waals surface area contributed by atoms with Crippen LogP contribution in [0.1, 0.15) is 98.5 Å². The molecule has 0 radical (unpaired) electrons. The largest absolute Gasteiger partial charge is 0.497 e. The number of allylic oxidation sites excluding steroid dienone is 2. The van der Waals surface area contributed by atoms with Crippen LogP contribution in [0.4, 0.5) is 0 Å². The molecule has 2 N–H and O–H groups in total. The molecule has 6 rings (SSSR count). The number of aromatic nitrogens is 3. The van der Waals surface area contributed by atoms with Crippen LogP contribution >= 0.6 is 0 Å². The zero-order valence-electron chi connectivity index (χ0n) is 33.3. The fraction of sp³-hybridized carbons (Fsp3) is 0.595. The summed E-state index contributed by atoms with van der Waals surface area (Å²) in [7, 11) is 1.56. The van der Waals surface area contributed by atoms with E-state index in [2.05, 4.69) is 10.3 Å². The second kappa shape index (κ2) is 13.3. The highest BCUT2D eigenvalue weighted by Crippen LogP contribution is 2.74. The van der Waals surface area contributed by atoms with E-state index in [0.717, 1.165) is 5.57 Å². The molecule has 13 nitrogen and oxygen atoms in total. The highest BCUT2D eigenvalue weighted by atomic mass is 16.6. The number of ether oxygens (including phenoxy) is 3. The van der Waals surface area contributed by atoms with Gasteiger partial charge in [0.15, 0.2) is 23.4 Å². The van der Waals surface area contributed by atoms with Crippen molar-refractivity contribution >= 4 is 29.3 Å². The summed E-state index contributed by atoms with van der Waals surface area (Å²) >= 11 is 0. The Hall–Kier alpha value is -4.49. The second-order valence-corrected chi connectivity index (χ2v) is 17.9. The molecule has 0 aliphatic heterocycles. The van der Waals surface area contributed by atoms with E-state index in [1.807, 2.05) is 26.8 Å². The van der Waals surface area contributed by atoms with Crippen LogP contribution in [0.25, 0.3) is 5.69 Å². The van der Waals surface area contributed by atoms with E-state index in [9.17, 15) is 34.2 Å². The quantitative estimate of drug-likeness (QED) is 0.200. The van der Waals surface area contributed by atoms with Crippen molar-refractivity contribution in [2.75, 3.05) is 7.11 Å². The summed E-state index contributed by atoms with van der Waals surface area (Å²) in [6.45, 7) is 15.3. The summed E-state index contributed by atoms with van der Waals surface area (Å²) in [5.41, 5.74) is -5.59. The summed E-state index contributed by atoms with van der Waals surface area (Å²) in [5.74, 6) is -3.53. The van der Waals surface area contributed by atoms with E-state index in [1.54, 1.807) is 59.1 Å². The summed E-state index contributed by atoms with van der Waals surface area (Å²) in [6, 6.07) is 7.01. The Morgan fingerprint density at radius 3 is 2.29 bits per heavy atom. The van der Waals surface area contributed by atoms with Gasteiger partial charge in [0.05, 0.1) is 25.1 Å². The standard InChI is InChI=1S/C42H53N3O10/c1-23(46)55-37(2,3)18-17-32(48)42(9,52)34-29(47)20-39(6)31-16-15-26-27(41(31,8)33(49)21-40(34,39)7)19-30(35(50)38(26,4)5)54-36(51)28-22-45(44-43-28)24-11-13-25(53-10)14-12-24/h11-15,17-18,22,27,29-31,34,47,52H,16,19-21H2,1-10H3/b18-17+/t27-,29-,30+,31+,34+,39+,40-,41+,42+/m1/s1. The maximum atomic E-state index is 14.9. The number of fused-ring (bicyclic) bond motifs is 5. The molecule has 1 aromatic heterocycles. The molecule has 0 amide bonds. The molecule has 1 heterocycles. The van der Waals surface area contributed by atoms with Crippen LogP contribution in [0.2, 0.25) is 0 Å². The Labute approximate surface area is 321 Å². The van der Waals surface area contributed by atoms with Crippen LogP contribution < -0.4 is 4.74 Å². The zero-order chi connectivity index (χ0) is 40.7. The first-order valence-electron chi connectivity index (χ1n) is 18.8. The average Bonchev–Trinajstić information content (AvgIpc) is 3.66. The van der Waals surface area contributed by atoms with Crippen molar-refractivity contribution in [3.8, 4) is 11.4 Å². The minimum absolute atomic E-state index is 0.0264. The van der Waals surface area contributed by atoms with Crippen molar-refractivity contribution in [2.24, 2.45) is 39.4 Å². The van der Waals surface area contributed by atoms with E-state index >= 15 is 0 Å². The highest BCUT2D eigenvalue weighted by molar-refractivity contribution is 5.98. The Morgan fingerprint density at radius 1 is 1.02 bits per heavy atom. The normalized spacial score (nSPS) is 33.8. The topological polar surface area (TPSA) is 184 Å². The predicted molar refractivity (Wildman–Crippen MR) is 199 cm³/mol. The lowest BCUT2D eigenvalue weighted by atomic mass is 9.38. The third-order valence-corrected chi connectivity index (χ3v) is 13.8. The van der Waals surface area contributed by atoms with Gasteiger partial charge in [-0.25, -0.2) is 9.48 Å². The van der Waals surface area contributed by atoms with Gasteiger partial charge in [-0.15, -0.1) is 5.10 Å². The Kier molecular flexibility index (Phi) is 9.73. The molecule has 4 aliphatic rings. The average molecular weight is 760 g/mol. The molecule has 9 atom stereocenters. The van der Waals surface area contributed by atoms with E-state index in [4.69, 9.17) is 14.2 Å². The first kappa shape index (κ1) is 40.2. The fourth-order valence-corrected chi connectivity index (χ4v) is 10.9. The molecular formula is C42H53N3O10. The number of benzene rings is 1. The number of rotatable bonds is 9. The summed E-state index contributed by atoms with van der Waals surface area (Å²) < 4.78 is 17.8. The molecule has 0 bridgehead atoms. The molecule has 2 aromatic rings. The van der Waals surface area contributed by atoms with Crippen LogP contribution in [0.15, 0.2) is 54.3 Å². The van der Waals surface area contributed by atoms with Gasteiger partial charge in [0.25, 0.3) is 0 Å². The predicted octanol–water partition coefficient (Wildman–Crippen LogP) is 4.95. The number of ketones is 3. The van der Waals surface area contributed by atoms with Gasteiger partial charge >= 0.3 is 11.9 Å². The summed E-state index contributed by atoms with van der Waals surface area (Å²) in [4.78, 5) is 67.7. The number of esters is 2. The molecule has 296 valence electrons. The number of aliphatic hydroxyl groups excluding tert-OH is 1. The lowest BCUT2D eigenvalue weighted by molar-refractivity contribution is -0.183. The SMILES string of the molecule is COc1ccc(-n2cc(C(=O)O[C@H]3C[C@@H]4C(=CC[C@@H]5[C@@]4(C)C(=O)C[C@]4(C)[C@@H]([C@@](C)(O)C(=O)/C=C/C(C)(C)OC(C)=O)[C@H](O)C[C@@]54C)C(C)(C)C3=O)nn2)cc1. The molecule has 3 saturated carbocycles. The number of carbonyl (C=O) groups is 5. The molecule has 1 aromatic carbocycles. The zero-order valence-corrected chi connectivity index (χ0v) is 33.3. The number of hydrogen-bond donors (Lipinski definition) is 2. The van der Waals surface area contributed by atoms with Gasteiger partial charge < -0.3 is 24.4 Å². The van der Waals surface area contributed by atoms with Crippen LogP contribution in [0, 0.1) is 39.4 Å². The fourth-order valence-electron chi connectivity index (χ4n) is 10.9. The maximum absolute atomic E-state index is 14.9. The molecule has 0 saturated heterocycles. The maximum Gasteiger partial charge on any atom is 0.361 e. The van der Waals surface area contributed by atoms with Crippen molar-refractivity contribution in [2.45, 2.75) is 111 Å². The van der Waals surface area contributed by atoms with Crippen molar-refractivity contribution in [3.63, 3.8) is 0 Å². The van der Waals surface area contributed by atoms with Gasteiger partial charge in [-0.05, 0) is 113 Å². The van der Waals surface area contributed by atoms with Gasteiger partial charge in [-0.1, -0.05) is 37.6 Å². The van der Waals surface area contributed by atoms with Crippen molar-refractivity contribution in [3.05, 3.63) is 60.0 Å². The van der Waals surface area contributed by atoms with Gasteiger partial charge in [0.2, 0.25) is 0 Å². The number of carbonyl (C=O) groups excluding carboxylic acids is 5. The van der Waals surface area contributed by atoms with Crippen molar-refractivity contribution < 1.29 is 48.4 Å². The lowest BCUT2D eigenvalue weighted by Gasteiger charge is -2.64. The molecule has 0 spiro atoms. The van der Waals surface area contributed by atoms with E-state index in [0.29, 0.717) is 17.9 Å². The summed E-state index contributed by atoms with van der Waals surface area (Å²) in [6.07, 6.45) is 4.51. The van der Waals surface area contributed by atoms with Gasteiger partial charge in [-0.3, -0.25) is 19.2 Å². The minimum atomic E-state index is -2.06. The molecule has 0 unspecified atom stereocenters. The van der Waals surface area contributed by atoms with Gasteiger partial charge in [0, 0.05) is 30.1 Å². The first-order valence-corrected chi connectivity index (χ1v) is 18.8. The van der Waals surface area contributed by atoms with Crippen LogP contribution in [-0.2, 0) is 28.7 Å². The Morgan fingerprint density at radius 2 is 1.67 bits per heavy atom. The molecular weight excluding hydrogens is 706 g/mol. The number of methoxy groups -OCH3 is 1. The Balaban J connectivity index is 1.29. The lowest BCUT2D eigenvalue weighted by Crippen LogP contribution is -2.65.